The van der Waals surface area contributed by atoms with E-state index < -0.39 is 54.1 Å². The molecule has 1 saturated carbocycles. The number of guanidine groups is 1. The zero-order chi connectivity index (χ0) is 15.2. The molecule has 4 fully saturated rings. The molecular formula is C11H17N3O7. The van der Waals surface area contributed by atoms with Gasteiger partial charge < -0.3 is 46.1 Å². The maximum Gasteiger partial charge on any atom is 0.311 e. The van der Waals surface area contributed by atoms with Gasteiger partial charge in [0.15, 0.2) is 12.1 Å². The number of ether oxygens (including phenoxy) is 2. The van der Waals surface area contributed by atoms with Gasteiger partial charge in [-0.3, -0.25) is 4.99 Å². The van der Waals surface area contributed by atoms with Gasteiger partial charge in [-0.25, -0.2) is 0 Å². The Labute approximate surface area is 118 Å². The number of nitrogens with zero attached hydrogens (tertiary/aromatic N) is 1. The minimum absolute atomic E-state index is 0.00226. The fraction of sp³-hybridized carbons (Fsp3) is 0.909. The summed E-state index contributed by atoms with van der Waals surface area (Å²) in [4.78, 5) is 3.99. The molecule has 5 aliphatic rings. The van der Waals surface area contributed by atoms with Gasteiger partial charge in [-0.05, 0) is 0 Å². The summed E-state index contributed by atoms with van der Waals surface area (Å²) in [7, 11) is 0. The number of aliphatic hydroxyl groups is 5. The number of aliphatic imine (C=N–C) groups is 1. The van der Waals surface area contributed by atoms with Crippen molar-refractivity contribution in [2.24, 2.45) is 16.6 Å². The number of hydrogen-bond acceptors (Lipinski definition) is 10. The molecule has 0 aromatic rings. The highest BCUT2D eigenvalue weighted by Crippen LogP contribution is 2.57. The van der Waals surface area contributed by atoms with Crippen molar-refractivity contribution in [3.05, 3.63) is 0 Å². The van der Waals surface area contributed by atoms with Crippen LogP contribution in [0.3, 0.4) is 0 Å². The molecule has 21 heavy (non-hydrogen) atoms. The average Bonchev–Trinajstić information content (AvgIpc) is 2.45. The molecule has 8 N–H and O–H groups in total. The maximum absolute atomic E-state index is 10.6. The molecule has 0 unspecified atom stereocenters. The number of hydrogen-bond donors (Lipinski definition) is 7. The molecule has 4 heterocycles. The van der Waals surface area contributed by atoms with E-state index in [0.717, 1.165) is 0 Å². The third-order valence-electron chi connectivity index (χ3n) is 5.19. The van der Waals surface area contributed by atoms with Crippen molar-refractivity contribution in [3.63, 3.8) is 0 Å². The van der Waals surface area contributed by atoms with Gasteiger partial charge in [0, 0.05) is 5.92 Å². The smallest absolute Gasteiger partial charge is 0.311 e. The van der Waals surface area contributed by atoms with E-state index in [9.17, 15) is 25.5 Å². The molecule has 118 valence electrons. The normalized spacial score (nSPS) is 61.2. The summed E-state index contributed by atoms with van der Waals surface area (Å²) in [5, 5.41) is 54.2. The molecule has 0 aromatic heterocycles. The van der Waals surface area contributed by atoms with Crippen LogP contribution in [-0.4, -0.2) is 86.2 Å². The Morgan fingerprint density at radius 1 is 1.29 bits per heavy atom. The fourth-order valence-corrected chi connectivity index (χ4v) is 4.16. The van der Waals surface area contributed by atoms with Gasteiger partial charge in [0.05, 0.1) is 13.2 Å². The first-order valence-corrected chi connectivity index (χ1v) is 6.65. The first-order valence-electron chi connectivity index (χ1n) is 6.65. The lowest BCUT2D eigenvalue weighted by atomic mass is 9.55. The van der Waals surface area contributed by atoms with E-state index in [-0.39, 0.29) is 12.5 Å². The van der Waals surface area contributed by atoms with Crippen molar-refractivity contribution >= 4 is 5.96 Å². The quantitative estimate of drug-likeness (QED) is 0.251. The van der Waals surface area contributed by atoms with Gasteiger partial charge in [0.2, 0.25) is 0 Å². The second kappa shape index (κ2) is 3.66. The van der Waals surface area contributed by atoms with Crippen LogP contribution >= 0.6 is 0 Å². The van der Waals surface area contributed by atoms with E-state index in [1.165, 1.54) is 0 Å². The molecular weight excluding hydrogens is 286 g/mol. The molecule has 4 aliphatic heterocycles. The van der Waals surface area contributed by atoms with E-state index in [1.807, 2.05) is 0 Å². The zero-order valence-corrected chi connectivity index (χ0v) is 10.9. The standard InChI is InChI=1S/C11H17N3O7/c12-8-13-1-3-5-9(18,2-15)6-4(16)10(3,14-8)7(17)11(19,20-5)21-6/h3-7,15-19H,1-2H2,(H3,12,13,14)/t3-,4+,5+,6-,7-,9-,10+,11-/m0/s1. The van der Waals surface area contributed by atoms with Gasteiger partial charge in [-0.1, -0.05) is 0 Å². The SMILES string of the molecule is NC1=NC[C@H]2[C@H]3O[C@]4(O)O[C@@H]([C@@H](O)[C@@]2(N1)[C@@H]4O)[C@]3(O)CO. The van der Waals surface area contributed by atoms with Crippen LogP contribution in [0.5, 0.6) is 0 Å². The lowest BCUT2D eigenvalue weighted by Crippen LogP contribution is -2.94. The summed E-state index contributed by atoms with van der Waals surface area (Å²) in [5.41, 5.74) is 2.26. The summed E-state index contributed by atoms with van der Waals surface area (Å²) in [5.74, 6) is -3.09. The van der Waals surface area contributed by atoms with Crippen molar-refractivity contribution in [2.45, 2.75) is 41.5 Å². The van der Waals surface area contributed by atoms with Gasteiger partial charge in [-0.15, -0.1) is 0 Å². The first kappa shape index (κ1) is 13.6. The van der Waals surface area contributed by atoms with Crippen molar-refractivity contribution in [1.29, 1.82) is 0 Å². The molecule has 0 aromatic carbocycles. The minimum atomic E-state index is -2.39. The monoisotopic (exact) mass is 303 g/mol. The highest BCUT2D eigenvalue weighted by molar-refractivity contribution is 5.80. The molecule has 0 radical (unpaired) electrons. The highest BCUT2D eigenvalue weighted by Gasteiger charge is 2.81. The Kier molecular flexibility index (Phi) is 2.38. The predicted molar refractivity (Wildman–Crippen MR) is 64.6 cm³/mol. The van der Waals surface area contributed by atoms with Crippen LogP contribution in [0.1, 0.15) is 0 Å². The summed E-state index contributed by atoms with van der Waals surface area (Å²) >= 11 is 0. The molecule has 0 amide bonds. The van der Waals surface area contributed by atoms with Gasteiger partial charge in [0.1, 0.15) is 29.5 Å². The zero-order valence-electron chi connectivity index (χ0n) is 10.9. The number of aliphatic hydroxyl groups excluding tert-OH is 3. The number of nitrogens with two attached hydrogens (primary N) is 1. The predicted octanol–water partition coefficient (Wildman–Crippen LogP) is -4.84. The Bertz CT molecular complexity index is 532. The second-order valence-corrected chi connectivity index (χ2v) is 6.09. The van der Waals surface area contributed by atoms with Crippen molar-refractivity contribution in [3.8, 4) is 0 Å². The average molecular weight is 303 g/mol. The molecule has 10 nitrogen and oxygen atoms in total. The molecule has 10 heteroatoms. The van der Waals surface area contributed by atoms with Crippen molar-refractivity contribution in [1.82, 2.24) is 5.32 Å². The lowest BCUT2D eigenvalue weighted by Gasteiger charge is -2.70. The van der Waals surface area contributed by atoms with Crippen molar-refractivity contribution < 1.29 is 35.0 Å². The second-order valence-electron chi connectivity index (χ2n) is 6.09. The molecule has 3 saturated heterocycles. The third kappa shape index (κ3) is 1.26. The van der Waals surface area contributed by atoms with Crippen LogP contribution in [0.2, 0.25) is 0 Å². The Balaban J connectivity index is 1.92. The summed E-state index contributed by atoms with van der Waals surface area (Å²) in [6, 6.07) is 0. The van der Waals surface area contributed by atoms with Crippen LogP contribution in [0.15, 0.2) is 4.99 Å². The van der Waals surface area contributed by atoms with Crippen LogP contribution in [0.4, 0.5) is 0 Å². The van der Waals surface area contributed by atoms with E-state index in [4.69, 9.17) is 15.2 Å². The van der Waals surface area contributed by atoms with E-state index in [1.54, 1.807) is 0 Å². The highest BCUT2D eigenvalue weighted by atomic mass is 16.9. The van der Waals surface area contributed by atoms with E-state index in [2.05, 4.69) is 10.3 Å². The van der Waals surface area contributed by atoms with E-state index >= 15 is 0 Å². The molecule has 1 aliphatic carbocycles. The topological polar surface area (TPSA) is 170 Å². The molecule has 5 rings (SSSR count). The first-order chi connectivity index (χ1) is 9.79. The summed E-state index contributed by atoms with van der Waals surface area (Å²) in [6.45, 7) is -0.680. The summed E-state index contributed by atoms with van der Waals surface area (Å²) < 4.78 is 10.4. The number of nitrogens with one attached hydrogen (secondary N) is 1. The maximum atomic E-state index is 10.6. The van der Waals surface area contributed by atoms with Crippen LogP contribution in [-0.2, 0) is 9.47 Å². The van der Waals surface area contributed by atoms with Crippen LogP contribution < -0.4 is 11.1 Å². The molecule has 8 atom stereocenters. The fourth-order valence-electron chi connectivity index (χ4n) is 4.16. The Morgan fingerprint density at radius 3 is 2.62 bits per heavy atom. The van der Waals surface area contributed by atoms with Gasteiger partial charge >= 0.3 is 5.97 Å². The summed E-state index contributed by atoms with van der Waals surface area (Å²) in [6.07, 6.45) is -5.49. The third-order valence-corrected chi connectivity index (χ3v) is 5.19. The number of rotatable bonds is 1. The molecule has 4 bridgehead atoms. The minimum Gasteiger partial charge on any atom is -0.393 e. The lowest BCUT2D eigenvalue weighted by molar-refractivity contribution is -0.544. The van der Waals surface area contributed by atoms with Gasteiger partial charge in [-0.2, -0.15) is 0 Å². The van der Waals surface area contributed by atoms with E-state index in [0.29, 0.717) is 0 Å². The van der Waals surface area contributed by atoms with Gasteiger partial charge in [0.25, 0.3) is 0 Å². The molecule has 1 spiro atoms. The van der Waals surface area contributed by atoms with Crippen LogP contribution in [0.25, 0.3) is 0 Å². The largest absolute Gasteiger partial charge is 0.393 e. The Morgan fingerprint density at radius 2 is 1.95 bits per heavy atom. The van der Waals surface area contributed by atoms with Crippen LogP contribution in [0, 0.1) is 5.92 Å². The van der Waals surface area contributed by atoms with Crippen molar-refractivity contribution in [2.75, 3.05) is 13.2 Å². The Hall–Kier alpha value is -1.01.